The second kappa shape index (κ2) is 4.17. The van der Waals surface area contributed by atoms with Gasteiger partial charge in [-0.3, -0.25) is 9.59 Å². The Bertz CT molecular complexity index is 463. The van der Waals surface area contributed by atoms with Gasteiger partial charge in [0, 0.05) is 6.42 Å². The van der Waals surface area contributed by atoms with E-state index >= 15 is 0 Å². The van der Waals surface area contributed by atoms with Crippen LogP contribution in [0, 0.1) is 5.92 Å². The fraction of sp³-hybridized carbons (Fsp3) is 0.333. The summed E-state index contributed by atoms with van der Waals surface area (Å²) in [6, 6.07) is 0. The Balaban J connectivity index is 2.33. The first-order valence-corrected chi connectivity index (χ1v) is 5.31. The molecule has 1 aliphatic rings. The standard InChI is InChI=1S/C9H8BrN3O3/c1-16-9(15)4-2-5-7(13-8(4)14)11-3-6(10)12-5/h3-4H,2H2,1H3,(H,11,13,14). The van der Waals surface area contributed by atoms with Crippen LogP contribution in [0.2, 0.25) is 0 Å². The molecule has 0 bridgehead atoms. The van der Waals surface area contributed by atoms with Crippen LogP contribution >= 0.6 is 15.9 Å². The Morgan fingerprint density at radius 2 is 2.44 bits per heavy atom. The lowest BCUT2D eigenvalue weighted by Gasteiger charge is -2.20. The van der Waals surface area contributed by atoms with Gasteiger partial charge in [-0.15, -0.1) is 0 Å². The molecule has 2 rings (SSSR count). The molecule has 0 saturated heterocycles. The first-order valence-electron chi connectivity index (χ1n) is 4.52. The van der Waals surface area contributed by atoms with E-state index in [0.29, 0.717) is 16.1 Å². The number of nitrogens with one attached hydrogen (secondary N) is 1. The van der Waals surface area contributed by atoms with Gasteiger partial charge in [0.1, 0.15) is 10.5 Å². The van der Waals surface area contributed by atoms with Crippen molar-refractivity contribution in [3.63, 3.8) is 0 Å². The normalized spacial score (nSPS) is 18.6. The summed E-state index contributed by atoms with van der Waals surface area (Å²) in [5.74, 6) is -1.42. The maximum Gasteiger partial charge on any atom is 0.318 e. The van der Waals surface area contributed by atoms with Crippen molar-refractivity contribution < 1.29 is 14.3 Å². The van der Waals surface area contributed by atoms with Crippen LogP contribution < -0.4 is 5.32 Å². The highest BCUT2D eigenvalue weighted by molar-refractivity contribution is 9.10. The van der Waals surface area contributed by atoms with Gasteiger partial charge in [0.2, 0.25) is 5.91 Å². The number of hydrogen-bond acceptors (Lipinski definition) is 5. The van der Waals surface area contributed by atoms with Gasteiger partial charge < -0.3 is 10.1 Å². The molecular formula is C9H8BrN3O3. The quantitative estimate of drug-likeness (QED) is 0.601. The molecule has 0 aromatic carbocycles. The fourth-order valence-corrected chi connectivity index (χ4v) is 1.79. The molecule has 0 aliphatic carbocycles. The molecule has 1 aliphatic heterocycles. The van der Waals surface area contributed by atoms with E-state index in [2.05, 4.69) is 36.0 Å². The molecule has 7 heteroatoms. The SMILES string of the molecule is COC(=O)C1Cc2nc(Br)cnc2NC1=O. The number of aromatic nitrogens is 2. The average molecular weight is 286 g/mol. The summed E-state index contributed by atoms with van der Waals surface area (Å²) in [5, 5.41) is 2.52. The number of amides is 1. The Morgan fingerprint density at radius 3 is 3.12 bits per heavy atom. The van der Waals surface area contributed by atoms with Crippen molar-refractivity contribution >= 4 is 33.6 Å². The molecule has 0 radical (unpaired) electrons. The van der Waals surface area contributed by atoms with Crippen LogP contribution in [0.4, 0.5) is 5.82 Å². The maximum atomic E-state index is 11.6. The van der Waals surface area contributed by atoms with Crippen molar-refractivity contribution in [1.29, 1.82) is 0 Å². The monoisotopic (exact) mass is 285 g/mol. The predicted molar refractivity (Wildman–Crippen MR) is 57.6 cm³/mol. The molecule has 1 N–H and O–H groups in total. The number of ether oxygens (including phenoxy) is 1. The summed E-state index contributed by atoms with van der Waals surface area (Å²) in [6.07, 6.45) is 1.69. The minimum atomic E-state index is -0.846. The second-order valence-corrected chi connectivity index (χ2v) is 4.07. The first-order chi connectivity index (χ1) is 7.61. The number of anilines is 1. The summed E-state index contributed by atoms with van der Waals surface area (Å²) < 4.78 is 5.11. The number of esters is 1. The number of halogens is 1. The Morgan fingerprint density at radius 1 is 1.69 bits per heavy atom. The van der Waals surface area contributed by atoms with E-state index in [1.165, 1.54) is 13.3 Å². The van der Waals surface area contributed by atoms with Crippen molar-refractivity contribution in [2.75, 3.05) is 12.4 Å². The number of carbonyl (C=O) groups is 2. The average Bonchev–Trinajstić information content (AvgIpc) is 2.28. The number of methoxy groups -OCH3 is 1. The Labute approximate surface area is 99.5 Å². The Hall–Kier alpha value is -1.50. The molecule has 1 aromatic heterocycles. The molecule has 0 fully saturated rings. The molecule has 1 aromatic rings. The first kappa shape index (κ1) is 11.0. The van der Waals surface area contributed by atoms with Gasteiger partial charge in [-0.25, -0.2) is 9.97 Å². The van der Waals surface area contributed by atoms with Gasteiger partial charge in [0.25, 0.3) is 0 Å². The van der Waals surface area contributed by atoms with Crippen molar-refractivity contribution in [3.8, 4) is 0 Å². The van der Waals surface area contributed by atoms with E-state index in [1.807, 2.05) is 0 Å². The van der Waals surface area contributed by atoms with Crippen LogP contribution in [0.5, 0.6) is 0 Å². The summed E-state index contributed by atoms with van der Waals surface area (Å²) in [7, 11) is 1.25. The Kier molecular flexibility index (Phi) is 2.86. The molecule has 1 amide bonds. The maximum absolute atomic E-state index is 11.6. The van der Waals surface area contributed by atoms with Crippen LogP contribution in [-0.2, 0) is 20.7 Å². The van der Waals surface area contributed by atoms with Crippen molar-refractivity contribution in [3.05, 3.63) is 16.5 Å². The van der Waals surface area contributed by atoms with Crippen LogP contribution in [0.25, 0.3) is 0 Å². The molecule has 84 valence electrons. The van der Waals surface area contributed by atoms with Crippen molar-refractivity contribution in [2.24, 2.45) is 5.92 Å². The third-order valence-corrected chi connectivity index (χ3v) is 2.64. The highest BCUT2D eigenvalue weighted by atomic mass is 79.9. The number of carbonyl (C=O) groups excluding carboxylic acids is 2. The third kappa shape index (κ3) is 1.90. The molecule has 0 saturated carbocycles. The third-order valence-electron chi connectivity index (χ3n) is 2.26. The zero-order valence-corrected chi connectivity index (χ0v) is 9.94. The van der Waals surface area contributed by atoms with Crippen molar-refractivity contribution in [1.82, 2.24) is 9.97 Å². The van der Waals surface area contributed by atoms with Gasteiger partial charge in [0.05, 0.1) is 19.0 Å². The molecule has 0 spiro atoms. The van der Waals surface area contributed by atoms with Crippen molar-refractivity contribution in [2.45, 2.75) is 6.42 Å². The summed E-state index contributed by atoms with van der Waals surface area (Å²) in [5.41, 5.74) is 0.573. The van der Waals surface area contributed by atoms with Crippen LogP contribution in [0.15, 0.2) is 10.8 Å². The minimum absolute atomic E-state index is 0.209. The molecule has 16 heavy (non-hydrogen) atoms. The van der Waals surface area contributed by atoms with Crippen LogP contribution in [0.1, 0.15) is 5.69 Å². The smallest absolute Gasteiger partial charge is 0.318 e. The minimum Gasteiger partial charge on any atom is -0.468 e. The largest absolute Gasteiger partial charge is 0.468 e. The topological polar surface area (TPSA) is 81.2 Å². The van der Waals surface area contributed by atoms with Gasteiger partial charge >= 0.3 is 5.97 Å². The van der Waals surface area contributed by atoms with E-state index in [9.17, 15) is 9.59 Å². The zero-order chi connectivity index (χ0) is 11.7. The molecule has 1 atom stereocenters. The molecule has 1 unspecified atom stereocenters. The summed E-state index contributed by atoms with van der Waals surface area (Å²) >= 11 is 3.18. The predicted octanol–water partition coefficient (Wildman–Crippen LogP) is 0.523. The van der Waals surface area contributed by atoms with E-state index in [1.54, 1.807) is 0 Å². The van der Waals surface area contributed by atoms with Gasteiger partial charge in [0.15, 0.2) is 5.82 Å². The highest BCUT2D eigenvalue weighted by Gasteiger charge is 2.34. The molecule has 2 heterocycles. The van der Waals surface area contributed by atoms with Gasteiger partial charge in [-0.1, -0.05) is 0 Å². The van der Waals surface area contributed by atoms with Gasteiger partial charge in [-0.2, -0.15) is 0 Å². The highest BCUT2D eigenvalue weighted by Crippen LogP contribution is 2.23. The summed E-state index contributed by atoms with van der Waals surface area (Å²) in [4.78, 5) is 31.0. The number of nitrogens with zero attached hydrogens (tertiary/aromatic N) is 2. The lowest BCUT2D eigenvalue weighted by Crippen LogP contribution is -2.37. The number of rotatable bonds is 1. The number of hydrogen-bond donors (Lipinski definition) is 1. The summed E-state index contributed by atoms with van der Waals surface area (Å²) in [6.45, 7) is 0. The lowest BCUT2D eigenvalue weighted by atomic mass is 9.99. The molecule has 6 nitrogen and oxygen atoms in total. The lowest BCUT2D eigenvalue weighted by molar-refractivity contribution is -0.148. The van der Waals surface area contributed by atoms with E-state index < -0.39 is 17.8 Å². The second-order valence-electron chi connectivity index (χ2n) is 3.26. The van der Waals surface area contributed by atoms with Crippen LogP contribution in [-0.4, -0.2) is 29.0 Å². The number of fused-ring (bicyclic) bond motifs is 1. The van der Waals surface area contributed by atoms with Crippen LogP contribution in [0.3, 0.4) is 0 Å². The van der Waals surface area contributed by atoms with E-state index in [-0.39, 0.29) is 6.42 Å². The fourth-order valence-electron chi connectivity index (χ4n) is 1.47. The zero-order valence-electron chi connectivity index (χ0n) is 8.36. The molecular weight excluding hydrogens is 278 g/mol. The van der Waals surface area contributed by atoms with E-state index in [0.717, 1.165) is 0 Å². The van der Waals surface area contributed by atoms with E-state index in [4.69, 9.17) is 0 Å². The van der Waals surface area contributed by atoms with Gasteiger partial charge in [-0.05, 0) is 15.9 Å².